The highest BCUT2D eigenvalue weighted by molar-refractivity contribution is 9.10. The summed E-state index contributed by atoms with van der Waals surface area (Å²) in [5.41, 5.74) is 0. The second-order valence-corrected chi connectivity index (χ2v) is 5.05. The summed E-state index contributed by atoms with van der Waals surface area (Å²) in [5, 5.41) is 0. The highest BCUT2D eigenvalue weighted by atomic mass is 79.9. The van der Waals surface area contributed by atoms with Gasteiger partial charge in [0, 0.05) is 0 Å². The minimum absolute atomic E-state index is 0.218. The summed E-state index contributed by atoms with van der Waals surface area (Å²) in [5.74, 6) is 1.09. The third-order valence-corrected chi connectivity index (χ3v) is 3.95. The number of alkyl halides is 1. The zero-order chi connectivity index (χ0) is 7.90. The van der Waals surface area contributed by atoms with Gasteiger partial charge in [0.1, 0.15) is 6.29 Å². The third-order valence-electron chi connectivity index (χ3n) is 2.85. The number of carbonyl (C=O) groups is 1. The van der Waals surface area contributed by atoms with Crippen molar-refractivity contribution in [1.82, 2.24) is 0 Å². The van der Waals surface area contributed by atoms with Gasteiger partial charge in [-0.3, -0.25) is 0 Å². The Bertz CT molecular complexity index is 212. The first-order valence-corrected chi connectivity index (χ1v) is 4.87. The molecule has 3 atom stereocenters. The van der Waals surface area contributed by atoms with Crippen molar-refractivity contribution in [3.05, 3.63) is 12.2 Å². The molecule has 0 saturated heterocycles. The van der Waals surface area contributed by atoms with E-state index in [1.807, 2.05) is 0 Å². The van der Waals surface area contributed by atoms with E-state index in [0.717, 1.165) is 12.7 Å². The Labute approximate surface area is 75.0 Å². The molecule has 1 saturated carbocycles. The van der Waals surface area contributed by atoms with E-state index < -0.39 is 0 Å². The molecule has 60 valence electrons. The molecule has 0 heterocycles. The summed E-state index contributed by atoms with van der Waals surface area (Å²) in [6.45, 7) is 0. The molecular weight excluding hydrogens is 204 g/mol. The number of rotatable bonds is 1. The predicted molar refractivity (Wildman–Crippen MR) is 47.7 cm³/mol. The number of halogens is 1. The summed E-state index contributed by atoms with van der Waals surface area (Å²) >= 11 is 3.53. The molecule has 3 rings (SSSR count). The van der Waals surface area contributed by atoms with Gasteiger partial charge in [-0.05, 0) is 31.1 Å². The maximum Gasteiger partial charge on any atom is 0.137 e. The molecule has 3 aliphatic carbocycles. The molecule has 3 aliphatic rings. The van der Waals surface area contributed by atoms with Crippen molar-refractivity contribution in [2.75, 3.05) is 0 Å². The van der Waals surface area contributed by atoms with Crippen molar-refractivity contribution < 1.29 is 4.79 Å². The number of carbonyl (C=O) groups excluding carboxylic acids is 1. The smallest absolute Gasteiger partial charge is 0.137 e. The molecule has 0 aliphatic heterocycles. The second kappa shape index (κ2) is 2.44. The summed E-state index contributed by atoms with van der Waals surface area (Å²) in [6, 6.07) is 0. The quantitative estimate of drug-likeness (QED) is 0.372. The molecule has 0 aromatic carbocycles. The first kappa shape index (κ1) is 7.53. The van der Waals surface area contributed by atoms with Gasteiger partial charge in [-0.1, -0.05) is 28.1 Å². The maximum atomic E-state index is 10.8. The third kappa shape index (κ3) is 1.08. The fraction of sp³-hybridized carbons (Fsp3) is 0.667. The Morgan fingerprint density at radius 3 is 2.55 bits per heavy atom. The van der Waals surface area contributed by atoms with Gasteiger partial charge < -0.3 is 4.79 Å². The molecule has 0 spiro atoms. The van der Waals surface area contributed by atoms with Crippen LogP contribution in [0, 0.1) is 11.8 Å². The minimum Gasteiger partial charge on any atom is -0.302 e. The van der Waals surface area contributed by atoms with Gasteiger partial charge in [-0.25, -0.2) is 0 Å². The number of hydrogen-bond acceptors (Lipinski definition) is 1. The number of fused-ring (bicyclic) bond motifs is 2. The lowest BCUT2D eigenvalue weighted by molar-refractivity contribution is -0.111. The number of hydrogen-bond donors (Lipinski definition) is 0. The second-order valence-electron chi connectivity index (χ2n) is 3.58. The van der Waals surface area contributed by atoms with Crippen molar-refractivity contribution in [3.63, 3.8) is 0 Å². The summed E-state index contributed by atoms with van der Waals surface area (Å²) in [7, 11) is 0. The molecule has 11 heavy (non-hydrogen) atoms. The fourth-order valence-electron chi connectivity index (χ4n) is 2.14. The van der Waals surface area contributed by atoms with Crippen LogP contribution in [0.2, 0.25) is 0 Å². The van der Waals surface area contributed by atoms with Gasteiger partial charge >= 0.3 is 0 Å². The van der Waals surface area contributed by atoms with E-state index in [9.17, 15) is 4.79 Å². The summed E-state index contributed by atoms with van der Waals surface area (Å²) < 4.78 is -0.218. The molecule has 0 aromatic rings. The molecule has 0 radical (unpaired) electrons. The van der Waals surface area contributed by atoms with E-state index in [4.69, 9.17) is 0 Å². The molecule has 0 aromatic heterocycles. The van der Waals surface area contributed by atoms with E-state index in [-0.39, 0.29) is 4.32 Å². The molecule has 0 unspecified atom stereocenters. The van der Waals surface area contributed by atoms with Gasteiger partial charge in [0.2, 0.25) is 0 Å². The minimum atomic E-state index is -0.218. The van der Waals surface area contributed by atoms with E-state index in [0.29, 0.717) is 11.8 Å². The lowest BCUT2D eigenvalue weighted by Gasteiger charge is -2.41. The van der Waals surface area contributed by atoms with Gasteiger partial charge in [-0.2, -0.15) is 0 Å². The zero-order valence-corrected chi connectivity index (χ0v) is 7.88. The molecule has 2 heteroatoms. The SMILES string of the molecule is O=C[C@]1(Br)C[C@@H]2C=C[C@H]1CC2. The van der Waals surface area contributed by atoms with Crippen molar-refractivity contribution >= 4 is 22.2 Å². The summed E-state index contributed by atoms with van der Waals surface area (Å²) in [4.78, 5) is 10.8. The van der Waals surface area contributed by atoms with Crippen LogP contribution in [-0.2, 0) is 4.79 Å². The van der Waals surface area contributed by atoms with Crippen molar-refractivity contribution in [2.45, 2.75) is 23.6 Å². The first-order valence-electron chi connectivity index (χ1n) is 4.08. The van der Waals surface area contributed by atoms with Crippen LogP contribution in [0.5, 0.6) is 0 Å². The van der Waals surface area contributed by atoms with Gasteiger partial charge in [0.05, 0.1) is 4.32 Å². The highest BCUT2D eigenvalue weighted by Gasteiger charge is 2.42. The first-order chi connectivity index (χ1) is 5.24. The van der Waals surface area contributed by atoms with Crippen molar-refractivity contribution in [3.8, 4) is 0 Å². The van der Waals surface area contributed by atoms with Crippen molar-refractivity contribution in [1.29, 1.82) is 0 Å². The lowest BCUT2D eigenvalue weighted by atomic mass is 9.69. The Balaban J connectivity index is 2.29. The lowest BCUT2D eigenvalue weighted by Crippen LogP contribution is -2.41. The van der Waals surface area contributed by atoms with E-state index >= 15 is 0 Å². The zero-order valence-electron chi connectivity index (χ0n) is 6.29. The van der Waals surface area contributed by atoms with E-state index in [1.165, 1.54) is 12.8 Å². The van der Waals surface area contributed by atoms with Crippen LogP contribution in [0.3, 0.4) is 0 Å². The van der Waals surface area contributed by atoms with E-state index in [2.05, 4.69) is 28.1 Å². The van der Waals surface area contributed by atoms with Crippen LogP contribution in [0.1, 0.15) is 19.3 Å². The van der Waals surface area contributed by atoms with Crippen molar-refractivity contribution in [2.24, 2.45) is 11.8 Å². The van der Waals surface area contributed by atoms with Gasteiger partial charge in [-0.15, -0.1) is 0 Å². The average Bonchev–Trinajstić information content (AvgIpc) is 2.06. The standard InChI is InChI=1S/C9H11BrO/c10-9(6-11)5-7-1-3-8(9)4-2-7/h1,3,6-8H,2,4-5H2/t7-,8+,9-/m1/s1. The van der Waals surface area contributed by atoms with Crippen LogP contribution in [0.4, 0.5) is 0 Å². The number of allylic oxidation sites excluding steroid dienone is 2. The normalized spacial score (nSPS) is 47.7. The van der Waals surface area contributed by atoms with Crippen LogP contribution >= 0.6 is 15.9 Å². The van der Waals surface area contributed by atoms with Crippen LogP contribution in [0.15, 0.2) is 12.2 Å². The molecule has 1 fully saturated rings. The maximum absolute atomic E-state index is 10.8. The summed E-state index contributed by atoms with van der Waals surface area (Å²) in [6.07, 6.45) is 8.97. The van der Waals surface area contributed by atoms with Crippen LogP contribution in [0.25, 0.3) is 0 Å². The Morgan fingerprint density at radius 2 is 2.27 bits per heavy atom. The Hall–Kier alpha value is -0.110. The van der Waals surface area contributed by atoms with Crippen LogP contribution < -0.4 is 0 Å². The van der Waals surface area contributed by atoms with E-state index in [1.54, 1.807) is 0 Å². The average molecular weight is 215 g/mol. The molecule has 1 nitrogen and oxygen atoms in total. The predicted octanol–water partition coefficient (Wildman–Crippen LogP) is 2.31. The molecule has 2 bridgehead atoms. The number of aldehydes is 1. The van der Waals surface area contributed by atoms with Crippen LogP contribution in [-0.4, -0.2) is 10.6 Å². The highest BCUT2D eigenvalue weighted by Crippen LogP contribution is 2.46. The topological polar surface area (TPSA) is 17.1 Å². The fourth-order valence-corrected chi connectivity index (χ4v) is 2.93. The monoisotopic (exact) mass is 214 g/mol. The molecule has 0 amide bonds. The van der Waals surface area contributed by atoms with Gasteiger partial charge in [0.25, 0.3) is 0 Å². The Morgan fingerprint density at radius 1 is 1.45 bits per heavy atom. The Kier molecular flexibility index (Phi) is 1.67. The molecular formula is C9H11BrO. The molecule has 0 N–H and O–H groups in total. The van der Waals surface area contributed by atoms with Gasteiger partial charge in [0.15, 0.2) is 0 Å². The largest absolute Gasteiger partial charge is 0.302 e.